The number of aromatic nitrogens is 3. The zero-order chi connectivity index (χ0) is 16.1. The van der Waals surface area contributed by atoms with Crippen LogP contribution in [0.3, 0.4) is 0 Å². The van der Waals surface area contributed by atoms with Crippen LogP contribution in [-0.4, -0.2) is 14.5 Å². The molecular formula is C14H8ClF4N3. The number of hydrogen-bond donors (Lipinski definition) is 0. The lowest BCUT2D eigenvalue weighted by molar-refractivity contribution is -0.137. The molecule has 3 nitrogen and oxygen atoms in total. The molecule has 2 aromatic heterocycles. The highest BCUT2D eigenvalue weighted by Gasteiger charge is 2.36. The van der Waals surface area contributed by atoms with Gasteiger partial charge < -0.3 is 4.57 Å². The molecule has 0 bridgehead atoms. The topological polar surface area (TPSA) is 30.7 Å². The molecule has 0 saturated heterocycles. The molecule has 0 aliphatic rings. The molecule has 0 aliphatic carbocycles. The number of alkyl halides is 3. The maximum atomic E-state index is 13.9. The molecule has 0 spiro atoms. The quantitative estimate of drug-likeness (QED) is 0.488. The summed E-state index contributed by atoms with van der Waals surface area (Å²) in [7, 11) is 1.55. The van der Waals surface area contributed by atoms with Gasteiger partial charge in [0.25, 0.3) is 0 Å². The van der Waals surface area contributed by atoms with Gasteiger partial charge in [-0.15, -0.1) is 0 Å². The predicted molar refractivity (Wildman–Crippen MR) is 73.9 cm³/mol. The van der Waals surface area contributed by atoms with Crippen molar-refractivity contribution in [2.24, 2.45) is 7.05 Å². The van der Waals surface area contributed by atoms with Crippen molar-refractivity contribution in [2.75, 3.05) is 0 Å². The van der Waals surface area contributed by atoms with Gasteiger partial charge in [0.15, 0.2) is 0 Å². The fourth-order valence-electron chi connectivity index (χ4n) is 2.38. The Labute approximate surface area is 127 Å². The first-order valence-electron chi connectivity index (χ1n) is 6.12. The van der Waals surface area contributed by atoms with Crippen molar-refractivity contribution in [3.8, 4) is 11.3 Å². The first-order valence-corrected chi connectivity index (χ1v) is 6.50. The number of rotatable bonds is 1. The van der Waals surface area contributed by atoms with Crippen molar-refractivity contribution >= 4 is 22.5 Å². The summed E-state index contributed by atoms with van der Waals surface area (Å²) in [5, 5.41) is 0.0131. The molecule has 0 N–H and O–H groups in total. The molecule has 3 rings (SSSR count). The standard InChI is InChI=1S/C14H8ClF4N3/c1-22-6-8(7-3-2-4-10(16)12(7)22)11-9(14(17,18)19)5-20-13(15)21-11/h2-6H,1H3. The average Bonchev–Trinajstić information content (AvgIpc) is 2.76. The molecule has 0 aliphatic heterocycles. The Morgan fingerprint density at radius 1 is 1.23 bits per heavy atom. The van der Waals surface area contributed by atoms with Crippen LogP contribution in [0.5, 0.6) is 0 Å². The number of halogens is 5. The third-order valence-electron chi connectivity index (χ3n) is 3.27. The number of benzene rings is 1. The molecule has 0 unspecified atom stereocenters. The summed E-state index contributed by atoms with van der Waals surface area (Å²) in [6, 6.07) is 4.20. The van der Waals surface area contributed by atoms with E-state index < -0.39 is 17.6 Å². The monoisotopic (exact) mass is 329 g/mol. The Kier molecular flexibility index (Phi) is 3.32. The van der Waals surface area contributed by atoms with E-state index in [1.165, 1.54) is 29.0 Å². The van der Waals surface area contributed by atoms with Crippen molar-refractivity contribution < 1.29 is 17.6 Å². The van der Waals surface area contributed by atoms with Gasteiger partial charge in [-0.3, -0.25) is 0 Å². The van der Waals surface area contributed by atoms with Crippen LogP contribution in [0.1, 0.15) is 5.56 Å². The van der Waals surface area contributed by atoms with Crippen molar-refractivity contribution in [1.29, 1.82) is 0 Å². The molecule has 8 heteroatoms. The van der Waals surface area contributed by atoms with Crippen LogP contribution >= 0.6 is 11.6 Å². The Balaban J connectivity index is 2.38. The summed E-state index contributed by atoms with van der Waals surface area (Å²) in [4.78, 5) is 7.09. The van der Waals surface area contributed by atoms with E-state index in [-0.39, 0.29) is 22.1 Å². The molecule has 0 amide bonds. The SMILES string of the molecule is Cn1cc(-c2nc(Cl)ncc2C(F)(F)F)c2cccc(F)c21. The van der Waals surface area contributed by atoms with Crippen LogP contribution in [-0.2, 0) is 13.2 Å². The summed E-state index contributed by atoms with van der Waals surface area (Å²) in [6.07, 6.45) is -2.63. The van der Waals surface area contributed by atoms with Crippen LogP contribution in [0.4, 0.5) is 17.6 Å². The number of fused-ring (bicyclic) bond motifs is 1. The van der Waals surface area contributed by atoms with E-state index in [4.69, 9.17) is 11.6 Å². The second-order valence-corrected chi connectivity index (χ2v) is 5.03. The summed E-state index contributed by atoms with van der Waals surface area (Å²) < 4.78 is 54.7. The fourth-order valence-corrected chi connectivity index (χ4v) is 2.51. The van der Waals surface area contributed by atoms with Gasteiger partial charge in [0.2, 0.25) is 5.28 Å². The van der Waals surface area contributed by atoms with Crippen LogP contribution in [0.2, 0.25) is 5.28 Å². The van der Waals surface area contributed by atoms with E-state index in [9.17, 15) is 17.6 Å². The minimum absolute atomic E-state index is 0.147. The zero-order valence-corrected chi connectivity index (χ0v) is 11.9. The molecule has 114 valence electrons. The third kappa shape index (κ3) is 2.31. The van der Waals surface area contributed by atoms with Crippen LogP contribution in [0, 0.1) is 5.82 Å². The number of hydrogen-bond acceptors (Lipinski definition) is 2. The highest BCUT2D eigenvalue weighted by molar-refractivity contribution is 6.28. The minimum Gasteiger partial charge on any atom is -0.347 e. The first-order chi connectivity index (χ1) is 10.3. The van der Waals surface area contributed by atoms with Crippen LogP contribution in [0.15, 0.2) is 30.6 Å². The molecule has 0 radical (unpaired) electrons. The minimum atomic E-state index is -4.64. The zero-order valence-electron chi connectivity index (χ0n) is 11.1. The molecule has 1 aromatic carbocycles. The smallest absolute Gasteiger partial charge is 0.347 e. The second kappa shape index (κ2) is 4.95. The van der Waals surface area contributed by atoms with Gasteiger partial charge in [-0.2, -0.15) is 13.2 Å². The highest BCUT2D eigenvalue weighted by Crippen LogP contribution is 2.39. The molecule has 0 fully saturated rings. The summed E-state index contributed by atoms with van der Waals surface area (Å²) in [6.45, 7) is 0. The van der Waals surface area contributed by atoms with Gasteiger partial charge in [0, 0.05) is 30.4 Å². The molecule has 0 saturated carbocycles. The summed E-state index contributed by atoms with van der Waals surface area (Å²) in [5.41, 5.74) is -1.05. The van der Waals surface area contributed by atoms with Gasteiger partial charge in [-0.25, -0.2) is 14.4 Å². The van der Waals surface area contributed by atoms with Gasteiger partial charge >= 0.3 is 6.18 Å². The van der Waals surface area contributed by atoms with Crippen LogP contribution in [0.25, 0.3) is 22.2 Å². The Morgan fingerprint density at radius 2 is 1.95 bits per heavy atom. The average molecular weight is 330 g/mol. The molecule has 0 atom stereocenters. The van der Waals surface area contributed by atoms with E-state index in [1.54, 1.807) is 7.05 Å². The summed E-state index contributed by atoms with van der Waals surface area (Å²) >= 11 is 5.64. The molecular weight excluding hydrogens is 322 g/mol. The normalized spacial score (nSPS) is 12.1. The summed E-state index contributed by atoms with van der Waals surface area (Å²) in [5.74, 6) is -0.528. The van der Waals surface area contributed by atoms with Crippen LogP contribution < -0.4 is 0 Å². The largest absolute Gasteiger partial charge is 0.419 e. The number of aryl methyl sites for hydroxylation is 1. The number of nitrogens with zero attached hydrogens (tertiary/aromatic N) is 3. The maximum Gasteiger partial charge on any atom is 0.419 e. The van der Waals surface area contributed by atoms with E-state index in [0.717, 1.165) is 0 Å². The van der Waals surface area contributed by atoms with Gasteiger partial charge in [0.1, 0.15) is 11.4 Å². The van der Waals surface area contributed by atoms with Crippen molar-refractivity contribution in [3.05, 3.63) is 47.3 Å². The second-order valence-electron chi connectivity index (χ2n) is 4.69. The molecule has 22 heavy (non-hydrogen) atoms. The highest BCUT2D eigenvalue weighted by atomic mass is 35.5. The van der Waals surface area contributed by atoms with Crippen molar-refractivity contribution in [3.63, 3.8) is 0 Å². The van der Waals surface area contributed by atoms with E-state index in [1.807, 2.05) is 0 Å². The maximum absolute atomic E-state index is 13.9. The lowest BCUT2D eigenvalue weighted by Crippen LogP contribution is -2.09. The lowest BCUT2D eigenvalue weighted by Gasteiger charge is -2.11. The Hall–Kier alpha value is -2.15. The lowest BCUT2D eigenvalue weighted by atomic mass is 10.1. The van der Waals surface area contributed by atoms with E-state index >= 15 is 0 Å². The predicted octanol–water partition coefficient (Wildman–Crippen LogP) is 4.45. The van der Waals surface area contributed by atoms with E-state index in [2.05, 4.69) is 9.97 Å². The molecule has 3 aromatic rings. The third-order valence-corrected chi connectivity index (χ3v) is 3.45. The molecule has 2 heterocycles. The van der Waals surface area contributed by atoms with Crippen molar-refractivity contribution in [1.82, 2.24) is 14.5 Å². The Bertz CT molecular complexity index is 870. The first kappa shape index (κ1) is 14.8. The van der Waals surface area contributed by atoms with Gasteiger partial charge in [-0.05, 0) is 17.7 Å². The Morgan fingerprint density at radius 3 is 2.64 bits per heavy atom. The fraction of sp³-hybridized carbons (Fsp3) is 0.143. The van der Waals surface area contributed by atoms with Gasteiger partial charge in [0.05, 0.1) is 11.2 Å². The van der Waals surface area contributed by atoms with Gasteiger partial charge in [-0.1, -0.05) is 12.1 Å². The number of para-hydroxylation sites is 1. The van der Waals surface area contributed by atoms with E-state index in [0.29, 0.717) is 11.6 Å². The van der Waals surface area contributed by atoms with Crippen molar-refractivity contribution in [2.45, 2.75) is 6.18 Å².